The molecule has 1 N–H and O–H groups in total. The Morgan fingerprint density at radius 1 is 0.862 bits per heavy atom. The lowest BCUT2D eigenvalue weighted by Gasteiger charge is -2.14. The second-order valence-corrected chi connectivity index (χ2v) is 6.48. The number of phenolic OH excluding ortho intramolecular Hbond substituents is 1. The first kappa shape index (κ1) is 18.7. The fraction of sp³-hybridized carbons (Fsp3) is 0.0455. The number of hydrogen-bond acceptors (Lipinski definition) is 2. The molecule has 4 aromatic rings. The highest BCUT2D eigenvalue weighted by molar-refractivity contribution is 5.97. The topological polar surface area (TPSA) is 42.2 Å². The number of halogens is 4. The van der Waals surface area contributed by atoms with Crippen molar-refractivity contribution < 1.29 is 22.7 Å². The highest BCUT2D eigenvalue weighted by Gasteiger charge is 2.34. The van der Waals surface area contributed by atoms with E-state index in [9.17, 15) is 27.5 Å². The van der Waals surface area contributed by atoms with Crippen LogP contribution in [0.25, 0.3) is 27.6 Å². The molecule has 0 amide bonds. The molecule has 0 aliphatic rings. The quantitative estimate of drug-likeness (QED) is 0.451. The number of phenols is 1. The van der Waals surface area contributed by atoms with E-state index in [-0.39, 0.29) is 22.3 Å². The molecule has 0 unspecified atom stereocenters. The number of fused-ring (bicyclic) bond motifs is 1. The normalized spacial score (nSPS) is 11.7. The standard InChI is InChI=1S/C22H13F4NO2/c23-20-10-13(6-9-19(20)22(24,25)26)18-12-27(14-4-2-1-3-5-14)21(29)16-8-7-15(28)11-17(16)18/h1-12,28H. The minimum absolute atomic E-state index is 0.122. The van der Waals surface area contributed by atoms with Crippen molar-refractivity contribution in [1.29, 1.82) is 0 Å². The molecule has 0 aliphatic heterocycles. The fourth-order valence-corrected chi connectivity index (χ4v) is 3.25. The van der Waals surface area contributed by atoms with Gasteiger partial charge in [-0.15, -0.1) is 0 Å². The fourth-order valence-electron chi connectivity index (χ4n) is 3.25. The Hall–Kier alpha value is -3.61. The van der Waals surface area contributed by atoms with Gasteiger partial charge in [-0.2, -0.15) is 13.2 Å². The lowest BCUT2D eigenvalue weighted by atomic mass is 9.98. The molecule has 3 aromatic carbocycles. The van der Waals surface area contributed by atoms with Gasteiger partial charge < -0.3 is 5.11 Å². The Morgan fingerprint density at radius 2 is 1.59 bits per heavy atom. The Morgan fingerprint density at radius 3 is 2.24 bits per heavy atom. The Bertz CT molecular complexity index is 1280. The lowest BCUT2D eigenvalue weighted by Crippen LogP contribution is -2.18. The molecule has 0 aliphatic carbocycles. The smallest absolute Gasteiger partial charge is 0.419 e. The van der Waals surface area contributed by atoms with Crippen LogP contribution in [-0.4, -0.2) is 9.67 Å². The van der Waals surface area contributed by atoms with Gasteiger partial charge >= 0.3 is 6.18 Å². The van der Waals surface area contributed by atoms with Gasteiger partial charge in [-0.05, 0) is 48.0 Å². The largest absolute Gasteiger partial charge is 0.508 e. The molecule has 0 radical (unpaired) electrons. The third-order valence-corrected chi connectivity index (χ3v) is 4.62. The number of benzene rings is 3. The maximum absolute atomic E-state index is 14.2. The summed E-state index contributed by atoms with van der Waals surface area (Å²) in [6.45, 7) is 0. The van der Waals surface area contributed by atoms with Crippen LogP contribution in [0.1, 0.15) is 5.56 Å². The van der Waals surface area contributed by atoms with Crippen molar-refractivity contribution in [3.05, 3.63) is 94.7 Å². The van der Waals surface area contributed by atoms with Crippen molar-refractivity contribution in [1.82, 2.24) is 4.57 Å². The summed E-state index contributed by atoms with van der Waals surface area (Å²) in [5.41, 5.74) is -0.740. The molecule has 1 heterocycles. The number of rotatable bonds is 2. The van der Waals surface area contributed by atoms with Crippen molar-refractivity contribution >= 4 is 10.8 Å². The number of pyridine rings is 1. The molecule has 3 nitrogen and oxygen atoms in total. The molecular formula is C22H13F4NO2. The predicted molar refractivity (Wildman–Crippen MR) is 102 cm³/mol. The summed E-state index contributed by atoms with van der Waals surface area (Å²) in [5.74, 6) is -1.54. The number of hydrogen-bond donors (Lipinski definition) is 1. The minimum atomic E-state index is -4.81. The molecule has 0 bridgehead atoms. The van der Waals surface area contributed by atoms with Crippen LogP contribution in [-0.2, 0) is 6.18 Å². The first-order valence-electron chi connectivity index (χ1n) is 8.56. The van der Waals surface area contributed by atoms with Gasteiger partial charge in [-0.25, -0.2) is 4.39 Å². The van der Waals surface area contributed by atoms with E-state index in [4.69, 9.17) is 0 Å². The van der Waals surface area contributed by atoms with Gasteiger partial charge in [-0.1, -0.05) is 24.3 Å². The first-order valence-corrected chi connectivity index (χ1v) is 8.56. The van der Waals surface area contributed by atoms with Crippen LogP contribution in [0.5, 0.6) is 5.75 Å². The molecule has 0 saturated heterocycles. The first-order chi connectivity index (χ1) is 13.8. The molecule has 0 saturated carbocycles. The molecule has 29 heavy (non-hydrogen) atoms. The van der Waals surface area contributed by atoms with Gasteiger partial charge in [0.25, 0.3) is 5.56 Å². The van der Waals surface area contributed by atoms with Crippen molar-refractivity contribution in [3.63, 3.8) is 0 Å². The summed E-state index contributed by atoms with van der Waals surface area (Å²) in [6.07, 6.45) is -3.38. The van der Waals surface area contributed by atoms with E-state index in [1.54, 1.807) is 30.3 Å². The zero-order chi connectivity index (χ0) is 20.8. The highest BCUT2D eigenvalue weighted by atomic mass is 19.4. The Labute approximate surface area is 162 Å². The van der Waals surface area contributed by atoms with Crippen molar-refractivity contribution in [2.75, 3.05) is 0 Å². The van der Waals surface area contributed by atoms with E-state index < -0.39 is 17.6 Å². The zero-order valence-electron chi connectivity index (χ0n) is 14.7. The van der Waals surface area contributed by atoms with E-state index in [0.717, 1.165) is 12.1 Å². The lowest BCUT2D eigenvalue weighted by molar-refractivity contribution is -0.139. The molecule has 0 atom stereocenters. The molecule has 0 spiro atoms. The number of alkyl halides is 3. The SMILES string of the molecule is O=c1c2ccc(O)cc2c(-c2ccc(C(F)(F)F)c(F)c2)cn1-c1ccccc1. The van der Waals surface area contributed by atoms with Gasteiger partial charge in [0.1, 0.15) is 11.6 Å². The zero-order valence-corrected chi connectivity index (χ0v) is 14.7. The maximum atomic E-state index is 14.2. The average Bonchev–Trinajstić information content (AvgIpc) is 2.68. The van der Waals surface area contributed by atoms with Crippen molar-refractivity contribution in [2.45, 2.75) is 6.18 Å². The van der Waals surface area contributed by atoms with E-state index >= 15 is 0 Å². The van der Waals surface area contributed by atoms with Gasteiger partial charge in [0, 0.05) is 28.2 Å². The van der Waals surface area contributed by atoms with Crippen LogP contribution >= 0.6 is 0 Å². The number of aromatic nitrogens is 1. The van der Waals surface area contributed by atoms with Crippen molar-refractivity contribution in [3.8, 4) is 22.6 Å². The van der Waals surface area contributed by atoms with Gasteiger partial charge in [0.15, 0.2) is 0 Å². The monoisotopic (exact) mass is 399 g/mol. The molecule has 146 valence electrons. The van der Waals surface area contributed by atoms with Gasteiger partial charge in [-0.3, -0.25) is 9.36 Å². The summed E-state index contributed by atoms with van der Waals surface area (Å²) >= 11 is 0. The second kappa shape index (κ2) is 6.77. The predicted octanol–water partition coefficient (Wildman–Crippen LogP) is 5.52. The van der Waals surface area contributed by atoms with Gasteiger partial charge in [0.2, 0.25) is 0 Å². The number of aromatic hydroxyl groups is 1. The number of nitrogens with zero attached hydrogens (tertiary/aromatic N) is 1. The summed E-state index contributed by atoms with van der Waals surface area (Å²) in [6, 6.07) is 15.3. The van der Waals surface area contributed by atoms with Crippen LogP contribution in [0.15, 0.2) is 77.7 Å². The molecular weight excluding hydrogens is 386 g/mol. The van der Waals surface area contributed by atoms with E-state index in [1.165, 1.54) is 29.0 Å². The maximum Gasteiger partial charge on any atom is 0.419 e. The van der Waals surface area contributed by atoms with E-state index in [0.29, 0.717) is 22.7 Å². The summed E-state index contributed by atoms with van der Waals surface area (Å²) in [4.78, 5) is 12.9. The van der Waals surface area contributed by atoms with Crippen LogP contribution in [0.2, 0.25) is 0 Å². The minimum Gasteiger partial charge on any atom is -0.508 e. The van der Waals surface area contributed by atoms with Gasteiger partial charge in [0.05, 0.1) is 5.56 Å². The molecule has 7 heteroatoms. The highest BCUT2D eigenvalue weighted by Crippen LogP contribution is 2.35. The summed E-state index contributed by atoms with van der Waals surface area (Å²) < 4.78 is 54.2. The van der Waals surface area contributed by atoms with E-state index in [1.807, 2.05) is 0 Å². The number of para-hydroxylation sites is 1. The summed E-state index contributed by atoms with van der Waals surface area (Å²) in [7, 11) is 0. The second-order valence-electron chi connectivity index (χ2n) is 6.48. The third-order valence-electron chi connectivity index (χ3n) is 4.62. The van der Waals surface area contributed by atoms with Crippen LogP contribution in [0.3, 0.4) is 0 Å². The average molecular weight is 399 g/mol. The van der Waals surface area contributed by atoms with Crippen LogP contribution in [0.4, 0.5) is 17.6 Å². The Kier molecular flexibility index (Phi) is 4.38. The van der Waals surface area contributed by atoms with Crippen LogP contribution in [0, 0.1) is 5.82 Å². The summed E-state index contributed by atoms with van der Waals surface area (Å²) in [5, 5.41) is 10.4. The third kappa shape index (κ3) is 3.35. The van der Waals surface area contributed by atoms with Crippen molar-refractivity contribution in [2.24, 2.45) is 0 Å². The molecule has 4 rings (SSSR count). The van der Waals surface area contributed by atoms with E-state index in [2.05, 4.69) is 0 Å². The molecule has 1 aromatic heterocycles. The van der Waals surface area contributed by atoms with Crippen LogP contribution < -0.4 is 5.56 Å². The Balaban J connectivity index is 2.04. The molecule has 0 fully saturated rings.